The van der Waals surface area contributed by atoms with Crippen molar-refractivity contribution in [3.05, 3.63) is 29.8 Å². The normalized spacial score (nSPS) is 25.8. The molecule has 1 saturated heterocycles. The summed E-state index contributed by atoms with van der Waals surface area (Å²) >= 11 is 0. The van der Waals surface area contributed by atoms with E-state index >= 15 is 0 Å². The molecule has 1 aromatic carbocycles. The zero-order valence-electron chi connectivity index (χ0n) is 12.2. The Balaban J connectivity index is 0.00000176. The molecule has 0 bridgehead atoms. The second-order valence-electron chi connectivity index (χ2n) is 5.76. The van der Waals surface area contributed by atoms with Crippen LogP contribution < -0.4 is 10.6 Å². The van der Waals surface area contributed by atoms with Gasteiger partial charge in [0, 0.05) is 12.5 Å². The van der Waals surface area contributed by atoms with Gasteiger partial charge in [-0.15, -0.1) is 12.4 Å². The molecule has 5 nitrogen and oxygen atoms in total. The number of halogens is 1. The second-order valence-corrected chi connectivity index (χ2v) is 7.84. The lowest BCUT2D eigenvalue weighted by atomic mass is 10.0. The van der Waals surface area contributed by atoms with Crippen LogP contribution in [0.1, 0.15) is 37.3 Å². The highest BCUT2D eigenvalue weighted by Crippen LogP contribution is 2.31. The highest BCUT2D eigenvalue weighted by atomic mass is 35.5. The Morgan fingerprint density at radius 3 is 2.77 bits per heavy atom. The summed E-state index contributed by atoms with van der Waals surface area (Å²) < 4.78 is 24.1. The maximum absolute atomic E-state index is 12.1. The van der Waals surface area contributed by atoms with E-state index in [-0.39, 0.29) is 36.2 Å². The fraction of sp³-hybridized carbons (Fsp3) is 0.533. The predicted octanol–water partition coefficient (Wildman–Crippen LogP) is 1.59. The Hall–Kier alpha value is -1.11. The van der Waals surface area contributed by atoms with Gasteiger partial charge in [0.05, 0.1) is 16.7 Å². The summed E-state index contributed by atoms with van der Waals surface area (Å²) in [5.74, 6) is 0.0879. The molecule has 2 unspecified atom stereocenters. The number of sulfone groups is 1. The Bertz CT molecular complexity index is 642. The van der Waals surface area contributed by atoms with Gasteiger partial charge in [0.2, 0.25) is 5.91 Å². The van der Waals surface area contributed by atoms with E-state index in [9.17, 15) is 13.2 Å². The number of carbonyl (C=O) groups excluding carboxylic acids is 1. The van der Waals surface area contributed by atoms with Crippen molar-refractivity contribution in [1.29, 1.82) is 0 Å². The van der Waals surface area contributed by atoms with E-state index in [1.165, 1.54) is 0 Å². The maximum atomic E-state index is 12.1. The largest absolute Gasteiger partial charge is 0.349 e. The molecule has 22 heavy (non-hydrogen) atoms. The molecular weight excluding hydrogens is 324 g/mol. The van der Waals surface area contributed by atoms with Gasteiger partial charge in [0.1, 0.15) is 0 Å². The first-order valence-corrected chi connectivity index (χ1v) is 9.06. The zero-order chi connectivity index (χ0) is 14.9. The number of benzene rings is 1. The molecule has 2 atom stereocenters. The van der Waals surface area contributed by atoms with Crippen LogP contribution in [0.5, 0.6) is 0 Å². The summed E-state index contributed by atoms with van der Waals surface area (Å²) in [7, 11) is -3.20. The minimum Gasteiger partial charge on any atom is -0.349 e. The summed E-state index contributed by atoms with van der Waals surface area (Å²) in [6.07, 6.45) is 3.06. The molecule has 0 saturated carbocycles. The fourth-order valence-electron chi connectivity index (χ4n) is 3.15. The highest BCUT2D eigenvalue weighted by Gasteiger charge is 2.31. The number of carbonyl (C=O) groups is 1. The van der Waals surface area contributed by atoms with Gasteiger partial charge in [-0.2, -0.15) is 0 Å². The van der Waals surface area contributed by atoms with Crippen LogP contribution >= 0.6 is 12.4 Å². The van der Waals surface area contributed by atoms with Crippen molar-refractivity contribution in [1.82, 2.24) is 10.6 Å². The lowest BCUT2D eigenvalue weighted by molar-refractivity contribution is -0.122. The minimum atomic E-state index is -3.20. The van der Waals surface area contributed by atoms with E-state index in [0.717, 1.165) is 24.9 Å². The molecule has 2 N–H and O–H groups in total. The first-order chi connectivity index (χ1) is 10.1. The quantitative estimate of drug-likeness (QED) is 0.873. The van der Waals surface area contributed by atoms with E-state index in [1.807, 2.05) is 6.07 Å². The van der Waals surface area contributed by atoms with Crippen molar-refractivity contribution in [2.45, 2.75) is 42.7 Å². The Morgan fingerprint density at radius 1 is 1.27 bits per heavy atom. The van der Waals surface area contributed by atoms with Crippen molar-refractivity contribution < 1.29 is 13.2 Å². The number of hydrogen-bond donors (Lipinski definition) is 2. The van der Waals surface area contributed by atoms with E-state index in [4.69, 9.17) is 0 Å². The number of amides is 1. The number of hydrogen-bond acceptors (Lipinski definition) is 4. The van der Waals surface area contributed by atoms with Gasteiger partial charge in [-0.1, -0.05) is 18.2 Å². The Morgan fingerprint density at radius 2 is 2.05 bits per heavy atom. The summed E-state index contributed by atoms with van der Waals surface area (Å²) in [5, 5.41) is 6.30. The molecule has 2 aliphatic rings. The van der Waals surface area contributed by atoms with E-state index in [1.54, 1.807) is 18.2 Å². The summed E-state index contributed by atoms with van der Waals surface area (Å²) in [4.78, 5) is 12.5. The van der Waals surface area contributed by atoms with Gasteiger partial charge in [-0.05, 0) is 37.4 Å². The van der Waals surface area contributed by atoms with Gasteiger partial charge in [-0.3, -0.25) is 4.79 Å². The van der Waals surface area contributed by atoms with Crippen LogP contribution in [0.3, 0.4) is 0 Å². The average Bonchev–Trinajstić information content (AvgIpc) is 2.95. The third-order valence-corrected chi connectivity index (χ3v) is 6.05. The zero-order valence-corrected chi connectivity index (χ0v) is 13.9. The molecular formula is C15H21ClN2O3S. The molecule has 0 aliphatic carbocycles. The van der Waals surface area contributed by atoms with Gasteiger partial charge >= 0.3 is 0 Å². The number of nitrogens with one attached hydrogen (secondary N) is 2. The predicted molar refractivity (Wildman–Crippen MR) is 86.9 cm³/mol. The van der Waals surface area contributed by atoms with Gasteiger partial charge in [-0.25, -0.2) is 8.42 Å². The maximum Gasteiger partial charge on any atom is 0.222 e. The fourth-order valence-corrected chi connectivity index (χ4v) is 4.77. The van der Waals surface area contributed by atoms with Crippen LogP contribution in [0.15, 0.2) is 29.2 Å². The molecule has 2 heterocycles. The smallest absolute Gasteiger partial charge is 0.222 e. The van der Waals surface area contributed by atoms with Crippen LogP contribution in [-0.2, 0) is 14.6 Å². The van der Waals surface area contributed by atoms with Crippen molar-refractivity contribution in [2.75, 3.05) is 12.3 Å². The third-order valence-electron chi connectivity index (χ3n) is 4.23. The highest BCUT2D eigenvalue weighted by molar-refractivity contribution is 7.91. The number of fused-ring (bicyclic) bond motifs is 1. The van der Waals surface area contributed by atoms with E-state index < -0.39 is 9.84 Å². The summed E-state index contributed by atoms with van der Waals surface area (Å²) in [6, 6.07) is 7.03. The second kappa shape index (κ2) is 6.98. The lowest BCUT2D eigenvalue weighted by Crippen LogP contribution is -2.37. The molecule has 0 radical (unpaired) electrons. The molecule has 0 aromatic heterocycles. The molecule has 3 rings (SSSR count). The SMILES string of the molecule is Cl.O=C(CC1CCCN1)NC1CCS(=O)(=O)c2ccccc21. The van der Waals surface area contributed by atoms with Crippen LogP contribution in [0.4, 0.5) is 0 Å². The Kier molecular flexibility index (Phi) is 5.47. The molecule has 0 spiro atoms. The molecule has 1 fully saturated rings. The molecule has 122 valence electrons. The Labute approximate surface area is 137 Å². The average molecular weight is 345 g/mol. The summed E-state index contributed by atoms with van der Waals surface area (Å²) in [6.45, 7) is 0.975. The third kappa shape index (κ3) is 3.62. The number of rotatable bonds is 3. The van der Waals surface area contributed by atoms with Crippen molar-refractivity contribution in [3.63, 3.8) is 0 Å². The van der Waals surface area contributed by atoms with Gasteiger partial charge in [0.25, 0.3) is 0 Å². The lowest BCUT2D eigenvalue weighted by Gasteiger charge is -2.26. The first kappa shape index (κ1) is 17.2. The molecule has 7 heteroatoms. The molecule has 1 aromatic rings. The van der Waals surface area contributed by atoms with Crippen LogP contribution in [0.25, 0.3) is 0 Å². The van der Waals surface area contributed by atoms with E-state index in [0.29, 0.717) is 17.7 Å². The molecule has 1 amide bonds. The van der Waals surface area contributed by atoms with Crippen molar-refractivity contribution in [3.8, 4) is 0 Å². The minimum absolute atomic E-state index is 0. The first-order valence-electron chi connectivity index (χ1n) is 7.41. The van der Waals surface area contributed by atoms with Crippen LogP contribution in [-0.4, -0.2) is 32.7 Å². The van der Waals surface area contributed by atoms with Crippen molar-refractivity contribution >= 4 is 28.2 Å². The monoisotopic (exact) mass is 344 g/mol. The van der Waals surface area contributed by atoms with Gasteiger partial charge < -0.3 is 10.6 Å². The summed E-state index contributed by atoms with van der Waals surface area (Å²) in [5.41, 5.74) is 0.719. The molecule has 2 aliphatic heterocycles. The standard InChI is InChI=1S/C15H20N2O3S.ClH/c18-15(10-11-4-3-8-16-11)17-13-7-9-21(19,20)14-6-2-1-5-12(13)14;/h1-2,5-6,11,13,16H,3-4,7-10H2,(H,17,18);1H. The topological polar surface area (TPSA) is 75.3 Å². The van der Waals surface area contributed by atoms with Crippen molar-refractivity contribution in [2.24, 2.45) is 0 Å². The van der Waals surface area contributed by atoms with Crippen LogP contribution in [0.2, 0.25) is 0 Å². The van der Waals surface area contributed by atoms with Gasteiger partial charge in [0.15, 0.2) is 9.84 Å². The van der Waals surface area contributed by atoms with Crippen LogP contribution in [0, 0.1) is 0 Å². The van der Waals surface area contributed by atoms with E-state index in [2.05, 4.69) is 10.6 Å².